The highest BCUT2D eigenvalue weighted by molar-refractivity contribution is 5.85. The Kier molecular flexibility index (Phi) is 6.07. The van der Waals surface area contributed by atoms with Gasteiger partial charge in [0.2, 0.25) is 0 Å². The predicted octanol–water partition coefficient (Wildman–Crippen LogP) is 4.15. The fraction of sp³-hybridized carbons (Fsp3) is 0.294. The first-order valence-corrected chi connectivity index (χ1v) is 6.52. The second-order valence-corrected chi connectivity index (χ2v) is 4.87. The minimum atomic E-state index is 0. The normalized spacial score (nSPS) is 10.1. The number of rotatable bonds is 4. The second kappa shape index (κ2) is 7.32. The first kappa shape index (κ1) is 15.7. The SMILES string of the molecule is CNCCc1cccc(-c2ccc(C)cc2C)c1.Cl. The van der Waals surface area contributed by atoms with Crippen LogP contribution in [-0.2, 0) is 6.42 Å². The molecule has 19 heavy (non-hydrogen) atoms. The molecule has 2 rings (SSSR count). The lowest BCUT2D eigenvalue weighted by Gasteiger charge is -2.09. The molecule has 0 aliphatic carbocycles. The molecular weight excluding hydrogens is 254 g/mol. The van der Waals surface area contributed by atoms with Gasteiger partial charge in [-0.15, -0.1) is 12.4 Å². The highest BCUT2D eigenvalue weighted by atomic mass is 35.5. The minimum absolute atomic E-state index is 0. The van der Waals surface area contributed by atoms with Crippen molar-refractivity contribution in [2.45, 2.75) is 20.3 Å². The molecule has 2 heteroatoms. The number of aryl methyl sites for hydroxylation is 2. The maximum atomic E-state index is 3.19. The molecule has 0 bridgehead atoms. The minimum Gasteiger partial charge on any atom is -0.319 e. The Labute approximate surface area is 122 Å². The van der Waals surface area contributed by atoms with Crippen LogP contribution in [-0.4, -0.2) is 13.6 Å². The summed E-state index contributed by atoms with van der Waals surface area (Å²) in [6.07, 6.45) is 1.08. The van der Waals surface area contributed by atoms with E-state index in [1.165, 1.54) is 27.8 Å². The van der Waals surface area contributed by atoms with Crippen molar-refractivity contribution in [1.82, 2.24) is 5.32 Å². The van der Waals surface area contributed by atoms with E-state index in [0.29, 0.717) is 0 Å². The largest absolute Gasteiger partial charge is 0.319 e. The number of hydrogen-bond donors (Lipinski definition) is 1. The van der Waals surface area contributed by atoms with E-state index in [-0.39, 0.29) is 12.4 Å². The van der Waals surface area contributed by atoms with Gasteiger partial charge in [0.05, 0.1) is 0 Å². The van der Waals surface area contributed by atoms with Gasteiger partial charge in [-0.1, -0.05) is 48.0 Å². The Balaban J connectivity index is 0.00000180. The van der Waals surface area contributed by atoms with Gasteiger partial charge in [0, 0.05) is 0 Å². The molecule has 2 aromatic rings. The van der Waals surface area contributed by atoms with Gasteiger partial charge < -0.3 is 5.32 Å². The third kappa shape index (κ3) is 4.09. The Hall–Kier alpha value is -1.31. The van der Waals surface area contributed by atoms with Gasteiger partial charge in [-0.25, -0.2) is 0 Å². The van der Waals surface area contributed by atoms with Crippen molar-refractivity contribution in [2.75, 3.05) is 13.6 Å². The van der Waals surface area contributed by atoms with E-state index in [1.54, 1.807) is 0 Å². The zero-order chi connectivity index (χ0) is 13.0. The molecule has 0 amide bonds. The van der Waals surface area contributed by atoms with Crippen LogP contribution in [0.4, 0.5) is 0 Å². The van der Waals surface area contributed by atoms with Crippen LogP contribution < -0.4 is 5.32 Å². The lowest BCUT2D eigenvalue weighted by molar-refractivity contribution is 0.792. The topological polar surface area (TPSA) is 12.0 Å². The Bertz CT molecular complexity index is 535. The maximum Gasteiger partial charge on any atom is -0.00114 e. The fourth-order valence-corrected chi connectivity index (χ4v) is 2.30. The summed E-state index contributed by atoms with van der Waals surface area (Å²) in [7, 11) is 1.99. The van der Waals surface area contributed by atoms with Crippen LogP contribution in [0.3, 0.4) is 0 Å². The van der Waals surface area contributed by atoms with Gasteiger partial charge in [-0.3, -0.25) is 0 Å². The Morgan fingerprint density at radius 3 is 2.47 bits per heavy atom. The summed E-state index contributed by atoms with van der Waals surface area (Å²) in [5, 5.41) is 3.19. The second-order valence-electron chi connectivity index (χ2n) is 4.87. The average Bonchev–Trinajstić information content (AvgIpc) is 2.36. The van der Waals surface area contributed by atoms with E-state index in [0.717, 1.165) is 13.0 Å². The van der Waals surface area contributed by atoms with Gasteiger partial charge in [0.15, 0.2) is 0 Å². The summed E-state index contributed by atoms with van der Waals surface area (Å²) >= 11 is 0. The summed E-state index contributed by atoms with van der Waals surface area (Å²) in [5.41, 5.74) is 6.72. The van der Waals surface area contributed by atoms with Crippen molar-refractivity contribution in [3.63, 3.8) is 0 Å². The Morgan fingerprint density at radius 1 is 1.00 bits per heavy atom. The molecule has 0 aliphatic heterocycles. The third-order valence-corrected chi connectivity index (χ3v) is 3.28. The number of nitrogens with one attached hydrogen (secondary N) is 1. The van der Waals surface area contributed by atoms with Crippen LogP contribution in [0.2, 0.25) is 0 Å². The van der Waals surface area contributed by atoms with E-state index in [2.05, 4.69) is 61.6 Å². The lowest BCUT2D eigenvalue weighted by atomic mass is 9.97. The van der Waals surface area contributed by atoms with Crippen molar-refractivity contribution >= 4 is 12.4 Å². The molecule has 0 heterocycles. The first-order chi connectivity index (χ1) is 8.70. The quantitative estimate of drug-likeness (QED) is 0.884. The molecule has 0 saturated heterocycles. The molecule has 0 aliphatic rings. The molecule has 0 unspecified atom stereocenters. The third-order valence-electron chi connectivity index (χ3n) is 3.28. The number of hydrogen-bond acceptors (Lipinski definition) is 1. The maximum absolute atomic E-state index is 3.19. The summed E-state index contributed by atoms with van der Waals surface area (Å²) in [6, 6.07) is 15.5. The van der Waals surface area contributed by atoms with Crippen LogP contribution in [0.1, 0.15) is 16.7 Å². The van der Waals surface area contributed by atoms with Crippen molar-refractivity contribution in [2.24, 2.45) is 0 Å². The van der Waals surface area contributed by atoms with Crippen LogP contribution in [0.15, 0.2) is 42.5 Å². The highest BCUT2D eigenvalue weighted by Gasteiger charge is 2.03. The average molecular weight is 276 g/mol. The highest BCUT2D eigenvalue weighted by Crippen LogP contribution is 2.25. The number of benzene rings is 2. The molecule has 0 aromatic heterocycles. The molecule has 0 spiro atoms. The molecule has 2 aromatic carbocycles. The standard InChI is InChI=1S/C17H21N.ClH/c1-13-7-8-17(14(2)11-13)16-6-4-5-15(12-16)9-10-18-3;/h4-8,11-12,18H,9-10H2,1-3H3;1H. The van der Waals surface area contributed by atoms with Gasteiger partial charge in [0.1, 0.15) is 0 Å². The van der Waals surface area contributed by atoms with E-state index >= 15 is 0 Å². The van der Waals surface area contributed by atoms with Gasteiger partial charge in [0.25, 0.3) is 0 Å². The summed E-state index contributed by atoms with van der Waals surface area (Å²) in [6.45, 7) is 5.35. The predicted molar refractivity (Wildman–Crippen MR) is 86.2 cm³/mol. The van der Waals surface area contributed by atoms with Crippen LogP contribution in [0.25, 0.3) is 11.1 Å². The zero-order valence-electron chi connectivity index (χ0n) is 11.9. The summed E-state index contributed by atoms with van der Waals surface area (Å²) in [5.74, 6) is 0. The summed E-state index contributed by atoms with van der Waals surface area (Å²) < 4.78 is 0. The number of halogens is 1. The zero-order valence-corrected chi connectivity index (χ0v) is 12.7. The molecule has 0 fully saturated rings. The molecular formula is C17H22ClN. The van der Waals surface area contributed by atoms with Crippen LogP contribution in [0.5, 0.6) is 0 Å². The smallest absolute Gasteiger partial charge is 0.00114 e. The van der Waals surface area contributed by atoms with Crippen LogP contribution in [0, 0.1) is 13.8 Å². The van der Waals surface area contributed by atoms with E-state index in [4.69, 9.17) is 0 Å². The fourth-order valence-electron chi connectivity index (χ4n) is 2.30. The molecule has 0 saturated carbocycles. The number of likely N-dealkylation sites (N-methyl/N-ethyl adjacent to an activating group) is 1. The van der Waals surface area contributed by atoms with E-state index in [1.807, 2.05) is 7.05 Å². The monoisotopic (exact) mass is 275 g/mol. The van der Waals surface area contributed by atoms with Crippen molar-refractivity contribution in [3.05, 3.63) is 59.2 Å². The van der Waals surface area contributed by atoms with Crippen LogP contribution >= 0.6 is 12.4 Å². The van der Waals surface area contributed by atoms with E-state index in [9.17, 15) is 0 Å². The lowest BCUT2D eigenvalue weighted by Crippen LogP contribution is -2.10. The summed E-state index contributed by atoms with van der Waals surface area (Å²) in [4.78, 5) is 0. The molecule has 102 valence electrons. The van der Waals surface area contributed by atoms with Crippen molar-refractivity contribution in [1.29, 1.82) is 0 Å². The van der Waals surface area contributed by atoms with Gasteiger partial charge in [-0.2, -0.15) is 0 Å². The van der Waals surface area contributed by atoms with E-state index < -0.39 is 0 Å². The molecule has 1 nitrogen and oxygen atoms in total. The first-order valence-electron chi connectivity index (χ1n) is 6.52. The molecule has 1 N–H and O–H groups in total. The van der Waals surface area contributed by atoms with Crippen molar-refractivity contribution in [3.8, 4) is 11.1 Å². The van der Waals surface area contributed by atoms with Gasteiger partial charge >= 0.3 is 0 Å². The Morgan fingerprint density at radius 2 is 1.79 bits per heavy atom. The molecule has 0 radical (unpaired) electrons. The molecule has 0 atom stereocenters. The van der Waals surface area contributed by atoms with Crippen molar-refractivity contribution < 1.29 is 0 Å². The van der Waals surface area contributed by atoms with Gasteiger partial charge in [-0.05, 0) is 56.1 Å².